The predicted octanol–water partition coefficient (Wildman–Crippen LogP) is 0.241. The number of hydrogen-bond acceptors (Lipinski definition) is 4. The van der Waals surface area contributed by atoms with Gasteiger partial charge in [-0.1, -0.05) is 12.8 Å². The van der Waals surface area contributed by atoms with Crippen molar-refractivity contribution in [2.24, 2.45) is 0 Å². The highest BCUT2D eigenvalue weighted by molar-refractivity contribution is 5.44. The third-order valence-electron chi connectivity index (χ3n) is 2.21. The van der Waals surface area contributed by atoms with Gasteiger partial charge in [0.15, 0.2) is 5.65 Å². The number of hydrogen-bond donors (Lipinski definition) is 2. The molecule has 6 heteroatoms. The molecule has 16 heavy (non-hydrogen) atoms. The summed E-state index contributed by atoms with van der Waals surface area (Å²) >= 11 is 0. The maximum absolute atomic E-state index is 11.3. The highest BCUT2D eigenvalue weighted by Gasteiger charge is 2.05. The number of nitrogens with one attached hydrogen (secondary N) is 2. The van der Waals surface area contributed by atoms with Gasteiger partial charge in [0, 0.05) is 0 Å². The fourth-order valence-electron chi connectivity index (χ4n) is 1.32. The van der Waals surface area contributed by atoms with Crippen molar-refractivity contribution in [3.05, 3.63) is 22.6 Å². The first-order valence-corrected chi connectivity index (χ1v) is 4.91. The summed E-state index contributed by atoms with van der Waals surface area (Å²) < 4.78 is 1.19. The predicted molar refractivity (Wildman–Crippen MR) is 60.1 cm³/mol. The molecule has 2 N–H and O–H groups in total. The molecule has 1 unspecified atom stereocenters. The lowest BCUT2D eigenvalue weighted by Gasteiger charge is -2.10. The number of aromatic nitrogens is 4. The van der Waals surface area contributed by atoms with Crippen LogP contribution in [-0.4, -0.2) is 25.9 Å². The first-order valence-electron chi connectivity index (χ1n) is 4.91. The largest absolute Gasteiger partial charge is 0.364 e. The molecule has 82 valence electrons. The Morgan fingerprint density at radius 3 is 3.19 bits per heavy atom. The van der Waals surface area contributed by atoms with Crippen molar-refractivity contribution < 1.29 is 0 Å². The van der Waals surface area contributed by atoms with E-state index in [0.717, 1.165) is 6.42 Å². The van der Waals surface area contributed by atoms with E-state index in [1.165, 1.54) is 4.52 Å². The van der Waals surface area contributed by atoms with Crippen molar-refractivity contribution in [1.82, 2.24) is 19.8 Å². The summed E-state index contributed by atoms with van der Waals surface area (Å²) in [5.41, 5.74) is 0.108. The van der Waals surface area contributed by atoms with E-state index in [9.17, 15) is 4.79 Å². The van der Waals surface area contributed by atoms with Crippen LogP contribution in [-0.2, 0) is 0 Å². The summed E-state index contributed by atoms with van der Waals surface area (Å²) in [5.74, 6) is 3.15. The van der Waals surface area contributed by atoms with Gasteiger partial charge in [0.2, 0.25) is 0 Å². The molecular weight excluding hydrogens is 206 g/mol. The SMILES string of the molecule is C#CC(CC)Nc1ccc2n[nH]c(=O)n2n1. The number of anilines is 1. The minimum absolute atomic E-state index is 0.0902. The summed E-state index contributed by atoms with van der Waals surface area (Å²) in [6.45, 7) is 1.97. The zero-order valence-corrected chi connectivity index (χ0v) is 8.77. The Bertz CT molecular complexity index is 591. The summed E-state index contributed by atoms with van der Waals surface area (Å²) in [4.78, 5) is 11.3. The van der Waals surface area contributed by atoms with E-state index in [1.807, 2.05) is 6.92 Å². The molecule has 0 aliphatic carbocycles. The van der Waals surface area contributed by atoms with Gasteiger partial charge in [-0.2, -0.15) is 9.61 Å². The first-order chi connectivity index (χ1) is 7.74. The molecule has 2 heterocycles. The average molecular weight is 217 g/mol. The van der Waals surface area contributed by atoms with E-state index in [4.69, 9.17) is 6.42 Å². The number of H-pyrrole nitrogens is 1. The monoisotopic (exact) mass is 217 g/mol. The quantitative estimate of drug-likeness (QED) is 0.722. The highest BCUT2D eigenvalue weighted by atomic mass is 16.2. The van der Waals surface area contributed by atoms with E-state index in [1.54, 1.807) is 12.1 Å². The number of terminal acetylenes is 1. The fraction of sp³-hybridized carbons (Fsp3) is 0.300. The van der Waals surface area contributed by atoms with Gasteiger partial charge in [-0.3, -0.25) is 0 Å². The van der Waals surface area contributed by atoms with Crippen molar-refractivity contribution in [2.45, 2.75) is 19.4 Å². The molecule has 0 aliphatic heterocycles. The number of nitrogens with zero attached hydrogens (tertiary/aromatic N) is 3. The van der Waals surface area contributed by atoms with Gasteiger partial charge >= 0.3 is 5.69 Å². The molecule has 0 aromatic carbocycles. The van der Waals surface area contributed by atoms with E-state index in [2.05, 4.69) is 26.5 Å². The minimum atomic E-state index is -0.368. The lowest BCUT2D eigenvalue weighted by atomic mass is 10.2. The first kappa shape index (κ1) is 10.2. The molecule has 1 atom stereocenters. The van der Waals surface area contributed by atoms with Crippen LogP contribution in [0.15, 0.2) is 16.9 Å². The van der Waals surface area contributed by atoms with Crippen LogP contribution in [0.5, 0.6) is 0 Å². The van der Waals surface area contributed by atoms with Gasteiger partial charge in [0.25, 0.3) is 0 Å². The van der Waals surface area contributed by atoms with Crippen LogP contribution in [0, 0.1) is 12.3 Å². The molecule has 0 saturated heterocycles. The third kappa shape index (κ3) is 1.75. The third-order valence-corrected chi connectivity index (χ3v) is 2.21. The van der Waals surface area contributed by atoms with Crippen LogP contribution in [0.25, 0.3) is 5.65 Å². The topological polar surface area (TPSA) is 75.1 Å². The Hall–Kier alpha value is -2.29. The van der Waals surface area contributed by atoms with Crippen LogP contribution in [0.4, 0.5) is 5.82 Å². The van der Waals surface area contributed by atoms with Crippen molar-refractivity contribution in [2.75, 3.05) is 5.32 Å². The molecular formula is C10H11N5O. The summed E-state index contributed by atoms with van der Waals surface area (Å²) in [6, 6.07) is 3.33. The van der Waals surface area contributed by atoms with Crippen LogP contribution in [0.2, 0.25) is 0 Å². The Kier molecular flexibility index (Phi) is 2.60. The smallest absolute Gasteiger partial charge is 0.355 e. The lowest BCUT2D eigenvalue weighted by Crippen LogP contribution is -2.19. The number of rotatable bonds is 3. The molecule has 0 bridgehead atoms. The molecule has 2 rings (SSSR count). The molecule has 0 saturated carbocycles. The van der Waals surface area contributed by atoms with E-state index < -0.39 is 0 Å². The zero-order valence-electron chi connectivity index (χ0n) is 8.77. The Morgan fingerprint density at radius 1 is 1.69 bits per heavy atom. The summed E-state index contributed by atoms with van der Waals surface area (Å²) in [5, 5.41) is 13.2. The van der Waals surface area contributed by atoms with Gasteiger partial charge in [0.1, 0.15) is 5.82 Å². The van der Waals surface area contributed by atoms with Gasteiger partial charge in [0.05, 0.1) is 6.04 Å². The van der Waals surface area contributed by atoms with Gasteiger partial charge in [-0.25, -0.2) is 9.89 Å². The van der Waals surface area contributed by atoms with Gasteiger partial charge < -0.3 is 5.32 Å². The fourth-order valence-corrected chi connectivity index (χ4v) is 1.32. The Morgan fingerprint density at radius 2 is 2.50 bits per heavy atom. The van der Waals surface area contributed by atoms with Crippen molar-refractivity contribution in [3.63, 3.8) is 0 Å². The molecule has 2 aromatic rings. The van der Waals surface area contributed by atoms with Crippen LogP contribution in [0.1, 0.15) is 13.3 Å². The molecule has 0 amide bonds. The van der Waals surface area contributed by atoms with E-state index in [-0.39, 0.29) is 11.7 Å². The van der Waals surface area contributed by atoms with Crippen molar-refractivity contribution in [1.29, 1.82) is 0 Å². The summed E-state index contributed by atoms with van der Waals surface area (Å²) in [7, 11) is 0. The number of fused-ring (bicyclic) bond motifs is 1. The van der Waals surface area contributed by atoms with Crippen molar-refractivity contribution >= 4 is 11.5 Å². The second-order valence-corrected chi connectivity index (χ2v) is 3.29. The minimum Gasteiger partial charge on any atom is -0.355 e. The van der Waals surface area contributed by atoms with Crippen LogP contribution >= 0.6 is 0 Å². The molecule has 6 nitrogen and oxygen atoms in total. The maximum atomic E-state index is 11.3. The second kappa shape index (κ2) is 4.06. The second-order valence-electron chi connectivity index (χ2n) is 3.29. The average Bonchev–Trinajstić information content (AvgIpc) is 2.68. The molecule has 0 spiro atoms. The van der Waals surface area contributed by atoms with Gasteiger partial charge in [-0.05, 0) is 18.6 Å². The molecule has 0 fully saturated rings. The Balaban J connectivity index is 2.36. The molecule has 0 radical (unpaired) electrons. The van der Waals surface area contributed by atoms with Crippen molar-refractivity contribution in [3.8, 4) is 12.3 Å². The number of aromatic amines is 1. The van der Waals surface area contributed by atoms with Crippen LogP contribution in [0.3, 0.4) is 0 Å². The van der Waals surface area contributed by atoms with Crippen LogP contribution < -0.4 is 11.0 Å². The lowest BCUT2D eigenvalue weighted by molar-refractivity contribution is 0.822. The molecule has 2 aromatic heterocycles. The highest BCUT2D eigenvalue weighted by Crippen LogP contribution is 2.05. The van der Waals surface area contributed by atoms with E-state index >= 15 is 0 Å². The normalized spacial score (nSPS) is 12.2. The van der Waals surface area contributed by atoms with Gasteiger partial charge in [-0.15, -0.1) is 11.5 Å². The zero-order chi connectivity index (χ0) is 11.5. The standard InChI is InChI=1S/C10H11N5O/c1-3-7(4-2)11-8-5-6-9-12-13-10(16)15(9)14-8/h1,5-7H,4H2,2H3,(H,11,14)(H,13,16). The summed E-state index contributed by atoms with van der Waals surface area (Å²) in [6.07, 6.45) is 6.11. The van der Waals surface area contributed by atoms with E-state index in [0.29, 0.717) is 11.5 Å². The Labute approximate surface area is 91.7 Å². The molecule has 0 aliphatic rings. The maximum Gasteiger partial charge on any atom is 0.364 e.